The molecule has 4 N–H and O–H groups in total. The van der Waals surface area contributed by atoms with Crippen LogP contribution in [0.3, 0.4) is 0 Å². The second kappa shape index (κ2) is 7.46. The number of methoxy groups -OCH3 is 1. The van der Waals surface area contributed by atoms with Crippen molar-refractivity contribution < 1.29 is 23.1 Å². The Morgan fingerprint density at radius 2 is 2.04 bits per heavy atom. The Kier molecular flexibility index (Phi) is 5.08. The number of benzene rings is 1. The number of anilines is 1. The molecule has 0 fully saturated rings. The molecule has 0 aliphatic carbocycles. The maximum atomic E-state index is 14.5. The molecule has 0 saturated heterocycles. The number of ketones is 1. The molecule has 0 saturated carbocycles. The van der Waals surface area contributed by atoms with Gasteiger partial charge in [0.05, 0.1) is 28.7 Å². The van der Waals surface area contributed by atoms with Gasteiger partial charge in [-0.3, -0.25) is 9.59 Å². The van der Waals surface area contributed by atoms with E-state index in [-0.39, 0.29) is 10.9 Å². The maximum absolute atomic E-state index is 14.5. The quantitative estimate of drug-likeness (QED) is 0.426. The van der Waals surface area contributed by atoms with Gasteiger partial charge in [0.25, 0.3) is 5.91 Å². The summed E-state index contributed by atoms with van der Waals surface area (Å²) in [5, 5.41) is 3.24. The predicted molar refractivity (Wildman–Crippen MR) is 92.6 cm³/mol. The highest BCUT2D eigenvalue weighted by Crippen LogP contribution is 2.28. The summed E-state index contributed by atoms with van der Waals surface area (Å²) in [5.74, 6) is -4.20. The fourth-order valence-corrected chi connectivity index (χ4v) is 2.63. The molecule has 0 radical (unpaired) electrons. The molecule has 3 aromatic rings. The van der Waals surface area contributed by atoms with E-state index in [4.69, 9.17) is 10.5 Å². The van der Waals surface area contributed by atoms with Crippen molar-refractivity contribution in [3.05, 3.63) is 53.0 Å². The van der Waals surface area contributed by atoms with Gasteiger partial charge >= 0.3 is 0 Å². The molecule has 0 aliphatic rings. The lowest BCUT2D eigenvalue weighted by Gasteiger charge is -2.09. The number of halogens is 2. The number of carbonyl (C=O) groups excluding carboxylic acids is 2. The molecule has 0 spiro atoms. The van der Waals surface area contributed by atoms with Gasteiger partial charge in [0.2, 0.25) is 5.78 Å². The molecule has 3 rings (SSSR count). The van der Waals surface area contributed by atoms with Gasteiger partial charge in [-0.05, 0) is 12.1 Å². The van der Waals surface area contributed by atoms with Crippen LogP contribution in [0.2, 0.25) is 0 Å². The molecule has 0 bridgehead atoms. The van der Waals surface area contributed by atoms with Crippen molar-refractivity contribution in [2.45, 2.75) is 0 Å². The van der Waals surface area contributed by atoms with E-state index in [2.05, 4.69) is 20.3 Å². The summed E-state index contributed by atoms with van der Waals surface area (Å²) in [4.78, 5) is 35.0. The highest BCUT2D eigenvalue weighted by molar-refractivity contribution is 6.18. The first-order chi connectivity index (χ1) is 13.0. The van der Waals surface area contributed by atoms with Crippen LogP contribution in [0.5, 0.6) is 0 Å². The van der Waals surface area contributed by atoms with Crippen LogP contribution in [0.25, 0.3) is 11.0 Å². The Morgan fingerprint density at radius 3 is 2.74 bits per heavy atom. The maximum Gasteiger partial charge on any atom is 0.251 e. The summed E-state index contributed by atoms with van der Waals surface area (Å²) in [6.07, 6.45) is 2.55. The lowest BCUT2D eigenvalue weighted by molar-refractivity contribution is 0.0996. The molecule has 1 aromatic carbocycles. The van der Waals surface area contributed by atoms with Crippen LogP contribution in [-0.4, -0.2) is 46.9 Å². The fourth-order valence-electron chi connectivity index (χ4n) is 2.63. The zero-order valence-corrected chi connectivity index (χ0v) is 14.2. The van der Waals surface area contributed by atoms with Gasteiger partial charge in [0, 0.05) is 19.9 Å². The van der Waals surface area contributed by atoms with Crippen LogP contribution in [0.1, 0.15) is 26.3 Å². The zero-order chi connectivity index (χ0) is 19.6. The number of nitrogens with one attached hydrogen (secondary N) is 2. The van der Waals surface area contributed by atoms with E-state index < -0.39 is 34.5 Å². The van der Waals surface area contributed by atoms with Gasteiger partial charge in [0.1, 0.15) is 29.4 Å². The number of fused-ring (bicyclic) bond motifs is 1. The largest absolute Gasteiger partial charge is 0.383 e. The van der Waals surface area contributed by atoms with Crippen molar-refractivity contribution >= 4 is 28.5 Å². The minimum Gasteiger partial charge on any atom is -0.383 e. The molecule has 1 amide bonds. The number of rotatable bonds is 7. The highest BCUT2D eigenvalue weighted by atomic mass is 19.1. The number of nitrogens with zero attached hydrogens (tertiary/aromatic N) is 2. The van der Waals surface area contributed by atoms with Crippen LogP contribution in [0.4, 0.5) is 14.6 Å². The van der Waals surface area contributed by atoms with Gasteiger partial charge in [-0.1, -0.05) is 0 Å². The smallest absolute Gasteiger partial charge is 0.251 e. The van der Waals surface area contributed by atoms with Crippen molar-refractivity contribution in [2.24, 2.45) is 5.73 Å². The molecule has 2 aromatic heterocycles. The van der Waals surface area contributed by atoms with Gasteiger partial charge in [-0.15, -0.1) is 0 Å². The second-order valence-electron chi connectivity index (χ2n) is 5.55. The highest BCUT2D eigenvalue weighted by Gasteiger charge is 2.26. The van der Waals surface area contributed by atoms with Crippen molar-refractivity contribution in [1.82, 2.24) is 15.0 Å². The van der Waals surface area contributed by atoms with Crippen LogP contribution in [0.15, 0.2) is 24.7 Å². The molecule has 0 unspecified atom stereocenters. The van der Waals surface area contributed by atoms with Gasteiger partial charge in [-0.25, -0.2) is 18.7 Å². The van der Waals surface area contributed by atoms with Crippen LogP contribution in [-0.2, 0) is 4.74 Å². The van der Waals surface area contributed by atoms with Crippen molar-refractivity contribution in [3.63, 3.8) is 0 Å². The summed E-state index contributed by atoms with van der Waals surface area (Å²) in [6.45, 7) is 0.768. The second-order valence-corrected chi connectivity index (χ2v) is 5.55. The van der Waals surface area contributed by atoms with Gasteiger partial charge in [-0.2, -0.15) is 0 Å². The standard InChI is InChI=1S/C17H15F2N5O3/c1-27-5-4-21-16-11-9(6-22-17(11)24-7-23-16)14(25)12-10(18)3-2-8(13(12)19)15(20)26/h2-3,6-7H,4-5H2,1H3,(H2,20,26)(H2,21,22,23,24). The van der Waals surface area contributed by atoms with Crippen LogP contribution < -0.4 is 11.1 Å². The van der Waals surface area contributed by atoms with Crippen molar-refractivity contribution in [3.8, 4) is 0 Å². The average Bonchev–Trinajstić information content (AvgIpc) is 3.06. The molecule has 0 atom stereocenters. The number of amides is 1. The van der Waals surface area contributed by atoms with E-state index in [1.165, 1.54) is 19.6 Å². The minimum absolute atomic E-state index is 0.0510. The third-order valence-corrected chi connectivity index (χ3v) is 3.90. The van der Waals surface area contributed by atoms with E-state index in [1.807, 2.05) is 0 Å². The number of carbonyl (C=O) groups is 2. The Bertz CT molecular complexity index is 1030. The molecular weight excluding hydrogens is 360 g/mol. The average molecular weight is 375 g/mol. The number of ether oxygens (including phenoxy) is 1. The lowest BCUT2D eigenvalue weighted by Crippen LogP contribution is -2.17. The first-order valence-electron chi connectivity index (χ1n) is 7.83. The lowest BCUT2D eigenvalue weighted by atomic mass is 9.99. The molecule has 27 heavy (non-hydrogen) atoms. The van der Waals surface area contributed by atoms with E-state index >= 15 is 0 Å². The number of hydrogen-bond acceptors (Lipinski definition) is 6. The number of aromatic nitrogens is 3. The summed E-state index contributed by atoms with van der Waals surface area (Å²) < 4.78 is 33.7. The fraction of sp³-hybridized carbons (Fsp3) is 0.176. The van der Waals surface area contributed by atoms with E-state index in [1.54, 1.807) is 0 Å². The Balaban J connectivity index is 2.12. The molecule has 0 aliphatic heterocycles. The number of aromatic amines is 1. The number of H-pyrrole nitrogens is 1. The Hall–Kier alpha value is -3.40. The monoisotopic (exact) mass is 375 g/mol. The van der Waals surface area contributed by atoms with Crippen LogP contribution in [0, 0.1) is 11.6 Å². The summed E-state index contributed by atoms with van der Waals surface area (Å²) in [6, 6.07) is 1.71. The molecule has 10 heteroatoms. The van der Waals surface area contributed by atoms with Crippen molar-refractivity contribution in [1.29, 1.82) is 0 Å². The SMILES string of the molecule is COCCNc1ncnc2[nH]cc(C(=O)c3c(F)ccc(C(N)=O)c3F)c12. The molecule has 2 heterocycles. The zero-order valence-electron chi connectivity index (χ0n) is 14.2. The number of primary amides is 1. The van der Waals surface area contributed by atoms with E-state index in [0.29, 0.717) is 24.6 Å². The first-order valence-corrected chi connectivity index (χ1v) is 7.83. The van der Waals surface area contributed by atoms with Crippen LogP contribution >= 0.6 is 0 Å². The van der Waals surface area contributed by atoms with Gasteiger partial charge in [0.15, 0.2) is 0 Å². The number of hydrogen-bond donors (Lipinski definition) is 3. The summed E-state index contributed by atoms with van der Waals surface area (Å²) >= 11 is 0. The Morgan fingerprint density at radius 1 is 1.26 bits per heavy atom. The topological polar surface area (TPSA) is 123 Å². The van der Waals surface area contributed by atoms with E-state index in [0.717, 1.165) is 12.1 Å². The molecular formula is C17H15F2N5O3. The summed E-state index contributed by atoms with van der Waals surface area (Å²) in [7, 11) is 1.53. The predicted octanol–water partition coefficient (Wildman–Crippen LogP) is 1.62. The Labute approximate surface area is 151 Å². The normalized spacial score (nSPS) is 10.9. The third-order valence-electron chi connectivity index (χ3n) is 3.90. The third kappa shape index (κ3) is 3.34. The molecule has 8 nitrogen and oxygen atoms in total. The van der Waals surface area contributed by atoms with Gasteiger partial charge < -0.3 is 20.8 Å². The minimum atomic E-state index is -1.31. The molecule has 140 valence electrons. The summed E-state index contributed by atoms with van der Waals surface area (Å²) in [5.41, 5.74) is 3.88. The van der Waals surface area contributed by atoms with Crippen molar-refractivity contribution in [2.75, 3.05) is 25.6 Å². The first kappa shape index (κ1) is 18.4. The van der Waals surface area contributed by atoms with E-state index in [9.17, 15) is 18.4 Å². The number of nitrogens with two attached hydrogens (primary N) is 1.